The molecule has 6 heteroatoms. The first kappa shape index (κ1) is 20.5. The van der Waals surface area contributed by atoms with Gasteiger partial charge in [0.1, 0.15) is 0 Å². The normalized spacial score (nSPS) is 21.2. The molecule has 0 unspecified atom stereocenters. The van der Waals surface area contributed by atoms with E-state index in [1.165, 1.54) is 61.1 Å². The molecule has 2 aliphatic rings. The Morgan fingerprint density at radius 3 is 2.50 bits per heavy atom. The second-order valence-corrected chi connectivity index (χ2v) is 9.67. The van der Waals surface area contributed by atoms with Crippen molar-refractivity contribution in [3.8, 4) is 0 Å². The predicted octanol–water partition coefficient (Wildman–Crippen LogP) is 3.09. The Labute approximate surface area is 167 Å². The molecule has 0 atom stereocenters. The second kappa shape index (κ2) is 11.5. The maximum atomic E-state index is 5.23. The van der Waals surface area contributed by atoms with E-state index in [-0.39, 0.29) is 0 Å². The van der Waals surface area contributed by atoms with Gasteiger partial charge in [-0.3, -0.25) is 9.88 Å². The highest BCUT2D eigenvalue weighted by Crippen LogP contribution is 2.25. The number of piperidine rings is 1. The number of thioether (sulfide) groups is 2. The van der Waals surface area contributed by atoms with Gasteiger partial charge < -0.3 is 9.64 Å². The van der Waals surface area contributed by atoms with Crippen LogP contribution in [0.2, 0.25) is 0 Å². The Bertz CT molecular complexity index is 489. The lowest BCUT2D eigenvalue weighted by Crippen LogP contribution is -2.44. The van der Waals surface area contributed by atoms with Crippen molar-refractivity contribution in [2.24, 2.45) is 5.92 Å². The highest BCUT2D eigenvalue weighted by Gasteiger charge is 2.26. The van der Waals surface area contributed by atoms with Crippen molar-refractivity contribution in [1.29, 1.82) is 0 Å². The van der Waals surface area contributed by atoms with Crippen molar-refractivity contribution in [3.63, 3.8) is 0 Å². The van der Waals surface area contributed by atoms with Crippen LogP contribution in [0.15, 0.2) is 24.5 Å². The molecule has 0 radical (unpaired) electrons. The summed E-state index contributed by atoms with van der Waals surface area (Å²) in [5.41, 5.74) is 1.40. The van der Waals surface area contributed by atoms with E-state index in [9.17, 15) is 0 Å². The van der Waals surface area contributed by atoms with Crippen LogP contribution in [-0.2, 0) is 11.3 Å². The molecule has 0 spiro atoms. The summed E-state index contributed by atoms with van der Waals surface area (Å²) in [7, 11) is 1.80. The van der Waals surface area contributed by atoms with Gasteiger partial charge >= 0.3 is 0 Å². The fourth-order valence-corrected chi connectivity index (χ4v) is 6.45. The molecule has 4 nitrogen and oxygen atoms in total. The largest absolute Gasteiger partial charge is 0.383 e. The summed E-state index contributed by atoms with van der Waals surface area (Å²) in [6.07, 6.45) is 6.50. The van der Waals surface area contributed by atoms with E-state index >= 15 is 0 Å². The molecule has 0 N–H and O–H groups in total. The average Bonchev–Trinajstić information content (AvgIpc) is 2.97. The van der Waals surface area contributed by atoms with Gasteiger partial charge in [-0.05, 0) is 49.5 Å². The van der Waals surface area contributed by atoms with E-state index in [2.05, 4.69) is 50.4 Å². The van der Waals surface area contributed by atoms with Crippen molar-refractivity contribution < 1.29 is 4.74 Å². The number of likely N-dealkylation sites (tertiary alicyclic amines) is 1. The summed E-state index contributed by atoms with van der Waals surface area (Å²) in [5, 5.41) is 0. The number of nitrogens with zero attached hydrogens (tertiary/aromatic N) is 3. The summed E-state index contributed by atoms with van der Waals surface area (Å²) >= 11 is 4.27. The van der Waals surface area contributed by atoms with Gasteiger partial charge in [0.05, 0.1) is 6.61 Å². The fourth-order valence-electron chi connectivity index (χ4n) is 3.83. The van der Waals surface area contributed by atoms with Crippen LogP contribution in [-0.4, -0.2) is 83.7 Å². The Morgan fingerprint density at radius 1 is 1.15 bits per heavy atom. The van der Waals surface area contributed by atoms with Gasteiger partial charge in [-0.2, -0.15) is 23.5 Å². The molecular formula is C20H33N3OS2. The van der Waals surface area contributed by atoms with Crippen LogP contribution in [0.4, 0.5) is 0 Å². The van der Waals surface area contributed by atoms with E-state index < -0.39 is 0 Å². The van der Waals surface area contributed by atoms with Gasteiger partial charge in [-0.15, -0.1) is 0 Å². The third-order valence-electron chi connectivity index (χ3n) is 5.46. The minimum atomic E-state index is 0.701. The maximum Gasteiger partial charge on any atom is 0.0589 e. The van der Waals surface area contributed by atoms with Crippen molar-refractivity contribution in [2.75, 3.05) is 62.9 Å². The standard InChI is InChI=1S/C20H33N3OS2/c1-24-11-10-22-8-4-19(5-9-22)15-23(14-18-2-6-21-7-3-18)20-16-25-12-13-26-17-20/h2-3,6-7,19-20H,4-5,8-17H2,1H3. The van der Waals surface area contributed by atoms with Crippen LogP contribution in [0, 0.1) is 5.92 Å². The van der Waals surface area contributed by atoms with E-state index in [0.717, 1.165) is 25.6 Å². The Kier molecular flexibility index (Phi) is 9.09. The Morgan fingerprint density at radius 2 is 1.85 bits per heavy atom. The first-order valence-electron chi connectivity index (χ1n) is 9.85. The van der Waals surface area contributed by atoms with Gasteiger partial charge in [-0.25, -0.2) is 0 Å². The smallest absolute Gasteiger partial charge is 0.0589 e. The summed E-state index contributed by atoms with van der Waals surface area (Å²) in [6.45, 7) is 6.70. The van der Waals surface area contributed by atoms with Crippen LogP contribution >= 0.6 is 23.5 Å². The third-order valence-corrected chi connectivity index (χ3v) is 7.94. The van der Waals surface area contributed by atoms with Crippen molar-refractivity contribution in [2.45, 2.75) is 25.4 Å². The summed E-state index contributed by atoms with van der Waals surface area (Å²) in [5.74, 6) is 6.01. The van der Waals surface area contributed by atoms with Gasteiger partial charge in [0.25, 0.3) is 0 Å². The molecule has 0 aromatic carbocycles. The maximum absolute atomic E-state index is 5.23. The topological polar surface area (TPSA) is 28.6 Å². The van der Waals surface area contributed by atoms with E-state index in [4.69, 9.17) is 4.74 Å². The molecule has 2 aliphatic heterocycles. The number of ether oxygens (including phenoxy) is 1. The highest BCUT2D eigenvalue weighted by atomic mass is 32.2. The molecular weight excluding hydrogens is 362 g/mol. The zero-order valence-corrected chi connectivity index (χ0v) is 17.6. The Hall–Kier alpha value is -0.270. The molecule has 2 saturated heterocycles. The lowest BCUT2D eigenvalue weighted by Gasteiger charge is -2.37. The van der Waals surface area contributed by atoms with Crippen molar-refractivity contribution in [3.05, 3.63) is 30.1 Å². The zero-order valence-electron chi connectivity index (χ0n) is 16.0. The molecule has 0 bridgehead atoms. The van der Waals surface area contributed by atoms with Gasteiger partial charge in [0.2, 0.25) is 0 Å². The molecule has 0 amide bonds. The third kappa shape index (κ3) is 6.71. The van der Waals surface area contributed by atoms with Crippen LogP contribution in [0.25, 0.3) is 0 Å². The minimum absolute atomic E-state index is 0.701. The molecule has 2 fully saturated rings. The zero-order chi connectivity index (χ0) is 18.0. The minimum Gasteiger partial charge on any atom is -0.383 e. The van der Waals surface area contributed by atoms with Crippen molar-refractivity contribution >= 4 is 23.5 Å². The van der Waals surface area contributed by atoms with Crippen LogP contribution < -0.4 is 0 Å². The molecule has 0 aliphatic carbocycles. The van der Waals surface area contributed by atoms with Gasteiger partial charge in [0.15, 0.2) is 0 Å². The van der Waals surface area contributed by atoms with Gasteiger partial charge in [0, 0.05) is 68.2 Å². The number of methoxy groups -OCH3 is 1. The molecule has 146 valence electrons. The lowest BCUT2D eigenvalue weighted by atomic mass is 9.95. The Balaban J connectivity index is 1.56. The summed E-state index contributed by atoms with van der Waals surface area (Å²) in [4.78, 5) is 9.52. The molecule has 3 rings (SSSR count). The SMILES string of the molecule is COCCN1CCC(CN(Cc2ccncc2)C2CSCCSC2)CC1. The molecule has 0 saturated carbocycles. The summed E-state index contributed by atoms with van der Waals surface area (Å²) < 4.78 is 5.23. The fraction of sp³-hybridized carbons (Fsp3) is 0.750. The van der Waals surface area contributed by atoms with E-state index in [0.29, 0.717) is 6.04 Å². The van der Waals surface area contributed by atoms with E-state index in [1.54, 1.807) is 7.11 Å². The lowest BCUT2D eigenvalue weighted by molar-refractivity contribution is 0.0986. The number of pyridine rings is 1. The van der Waals surface area contributed by atoms with Crippen LogP contribution in [0.1, 0.15) is 18.4 Å². The molecule has 1 aromatic heterocycles. The first-order valence-corrected chi connectivity index (χ1v) is 12.2. The van der Waals surface area contributed by atoms with Gasteiger partial charge in [-0.1, -0.05) is 0 Å². The summed E-state index contributed by atoms with van der Waals surface area (Å²) in [6, 6.07) is 5.06. The highest BCUT2D eigenvalue weighted by molar-refractivity contribution is 8.03. The quantitative estimate of drug-likeness (QED) is 0.672. The second-order valence-electron chi connectivity index (χ2n) is 7.37. The van der Waals surface area contributed by atoms with E-state index in [1.807, 2.05) is 12.4 Å². The van der Waals surface area contributed by atoms with Crippen molar-refractivity contribution in [1.82, 2.24) is 14.8 Å². The molecule has 3 heterocycles. The number of hydrogen-bond donors (Lipinski definition) is 0. The number of aromatic nitrogens is 1. The van der Waals surface area contributed by atoms with Crippen LogP contribution in [0.5, 0.6) is 0 Å². The monoisotopic (exact) mass is 395 g/mol. The molecule has 1 aromatic rings. The predicted molar refractivity (Wildman–Crippen MR) is 114 cm³/mol. The molecule has 26 heavy (non-hydrogen) atoms. The number of rotatable bonds is 8. The average molecular weight is 396 g/mol. The van der Waals surface area contributed by atoms with Crippen LogP contribution in [0.3, 0.4) is 0 Å². The first-order chi connectivity index (χ1) is 12.8. The number of hydrogen-bond acceptors (Lipinski definition) is 6.